The van der Waals surface area contributed by atoms with Gasteiger partial charge in [-0.3, -0.25) is 0 Å². The van der Waals surface area contributed by atoms with E-state index < -0.39 is 19.0 Å². The molecule has 10 heteroatoms. The Hall–Kier alpha value is -1.00. The number of hydrogen-bond donors (Lipinski definition) is 2. The highest BCUT2D eigenvalue weighted by molar-refractivity contribution is 7.79. The molecule has 0 aliphatic carbocycles. The van der Waals surface area contributed by atoms with Gasteiger partial charge in [-0.2, -0.15) is 0 Å². The molecule has 0 aliphatic heterocycles. The first-order chi connectivity index (χ1) is 10.7. The van der Waals surface area contributed by atoms with Crippen LogP contribution >= 0.6 is 38.4 Å². The molecule has 6 nitrogen and oxygen atoms in total. The fourth-order valence-corrected chi connectivity index (χ4v) is 4.49. The lowest BCUT2D eigenvalue weighted by Crippen LogP contribution is -2.20. The molecule has 2 aromatic rings. The number of hydrogen-bond acceptors (Lipinski definition) is 4. The van der Waals surface area contributed by atoms with E-state index in [0.29, 0.717) is 0 Å². The summed E-state index contributed by atoms with van der Waals surface area (Å²) in [5.74, 6) is -0.0764. The smallest absolute Gasteiger partial charge is 0.422 e. The standard InChI is InChI=1S/C13H12Cl2O6P2/c14-13(15,22(16,17)20-11-7-3-1-4-8-11)23(18,19)21-12-9-5-2-6-10-12/h1-10H,(H,16,17)(H,18,19). The summed E-state index contributed by atoms with van der Waals surface area (Å²) >= 11 is 11.4. The molecular weight excluding hydrogens is 385 g/mol. The largest absolute Gasteiger partial charge is 0.426 e. The van der Waals surface area contributed by atoms with E-state index >= 15 is 0 Å². The van der Waals surface area contributed by atoms with E-state index in [1.807, 2.05) is 0 Å². The highest BCUT2D eigenvalue weighted by Gasteiger charge is 2.63. The van der Waals surface area contributed by atoms with Gasteiger partial charge in [-0.15, -0.1) is 0 Å². The monoisotopic (exact) mass is 396 g/mol. The van der Waals surface area contributed by atoms with Crippen LogP contribution in [-0.4, -0.2) is 13.6 Å². The fraction of sp³-hybridized carbons (Fsp3) is 0.0769. The minimum Gasteiger partial charge on any atom is -0.422 e. The predicted molar refractivity (Wildman–Crippen MR) is 88.2 cm³/mol. The van der Waals surface area contributed by atoms with Crippen molar-refractivity contribution in [3.05, 3.63) is 60.7 Å². The summed E-state index contributed by atoms with van der Waals surface area (Å²) in [7, 11) is -9.97. The Labute approximate surface area is 142 Å². The van der Waals surface area contributed by atoms with E-state index in [0.717, 1.165) is 0 Å². The summed E-state index contributed by atoms with van der Waals surface area (Å²) in [4.78, 5) is 19.9. The molecule has 2 aromatic carbocycles. The highest BCUT2D eigenvalue weighted by atomic mass is 35.5. The van der Waals surface area contributed by atoms with Gasteiger partial charge >= 0.3 is 19.0 Å². The SMILES string of the molecule is O=P(O)(Oc1ccccc1)C(Cl)(Cl)P(=O)(O)Oc1ccccc1. The average Bonchev–Trinajstić information content (AvgIpc) is 2.48. The molecule has 2 unspecified atom stereocenters. The Kier molecular flexibility index (Phi) is 5.47. The summed E-state index contributed by atoms with van der Waals surface area (Å²) in [6.45, 7) is 0. The van der Waals surface area contributed by atoms with Gasteiger partial charge in [0.15, 0.2) is 0 Å². The summed E-state index contributed by atoms with van der Waals surface area (Å²) < 4.78 is 31.2. The predicted octanol–water partition coefficient (Wildman–Crippen LogP) is 4.60. The molecule has 0 amide bonds. The van der Waals surface area contributed by atoms with Crippen LogP contribution in [0.1, 0.15) is 0 Å². The Morgan fingerprint density at radius 2 is 1.04 bits per heavy atom. The lowest BCUT2D eigenvalue weighted by Gasteiger charge is -2.28. The summed E-state index contributed by atoms with van der Waals surface area (Å²) in [6, 6.07) is 14.9. The van der Waals surface area contributed by atoms with E-state index in [4.69, 9.17) is 32.2 Å². The van der Waals surface area contributed by atoms with Crippen molar-refractivity contribution in [2.24, 2.45) is 0 Å². The van der Waals surface area contributed by atoms with Crippen LogP contribution in [0.4, 0.5) is 0 Å². The van der Waals surface area contributed by atoms with Crippen molar-refractivity contribution in [3.8, 4) is 11.5 Å². The van der Waals surface area contributed by atoms with Gasteiger partial charge in [0.25, 0.3) is 0 Å². The van der Waals surface area contributed by atoms with E-state index in [1.54, 1.807) is 36.4 Å². The average molecular weight is 397 g/mol. The molecule has 0 heterocycles. The molecule has 2 N–H and O–H groups in total. The molecule has 0 aliphatic rings. The van der Waals surface area contributed by atoms with Gasteiger partial charge in [-0.1, -0.05) is 59.6 Å². The van der Waals surface area contributed by atoms with Gasteiger partial charge in [0.1, 0.15) is 11.5 Å². The van der Waals surface area contributed by atoms with Crippen molar-refractivity contribution in [2.45, 2.75) is 3.82 Å². The Morgan fingerprint density at radius 3 is 1.35 bits per heavy atom. The minimum absolute atomic E-state index is 0.0382. The van der Waals surface area contributed by atoms with Crippen molar-refractivity contribution >= 4 is 38.4 Å². The van der Waals surface area contributed by atoms with Crippen molar-refractivity contribution in [2.75, 3.05) is 0 Å². The Bertz CT molecular complexity index is 690. The first kappa shape index (κ1) is 18.3. The second-order valence-corrected chi connectivity index (χ2v) is 10.9. The van der Waals surface area contributed by atoms with E-state index in [9.17, 15) is 18.9 Å². The van der Waals surface area contributed by atoms with Crippen LogP contribution in [0.5, 0.6) is 11.5 Å². The maximum absolute atomic E-state index is 12.3. The van der Waals surface area contributed by atoms with Gasteiger partial charge in [0, 0.05) is 0 Å². The number of halogens is 2. The van der Waals surface area contributed by atoms with Crippen molar-refractivity contribution in [3.63, 3.8) is 0 Å². The quantitative estimate of drug-likeness (QED) is 0.547. The van der Waals surface area contributed by atoms with Crippen LogP contribution in [0, 0.1) is 0 Å². The fourth-order valence-electron chi connectivity index (χ4n) is 1.52. The second-order valence-electron chi connectivity index (χ2n) is 4.36. The zero-order valence-electron chi connectivity index (χ0n) is 11.5. The first-order valence-electron chi connectivity index (χ1n) is 6.19. The zero-order valence-corrected chi connectivity index (χ0v) is 14.8. The van der Waals surface area contributed by atoms with E-state index in [1.165, 1.54) is 24.3 Å². The van der Waals surface area contributed by atoms with Crippen LogP contribution in [0.15, 0.2) is 60.7 Å². The molecule has 0 saturated heterocycles. The van der Waals surface area contributed by atoms with Gasteiger partial charge in [-0.25, -0.2) is 9.13 Å². The molecule has 0 aromatic heterocycles. The van der Waals surface area contributed by atoms with E-state index in [-0.39, 0.29) is 11.5 Å². The molecular formula is C13H12Cl2O6P2. The third-order valence-electron chi connectivity index (χ3n) is 2.62. The van der Waals surface area contributed by atoms with Crippen LogP contribution in [0.2, 0.25) is 0 Å². The van der Waals surface area contributed by atoms with Gasteiger partial charge in [0.05, 0.1) is 0 Å². The molecule has 0 saturated carbocycles. The number of alkyl halides is 2. The van der Waals surface area contributed by atoms with E-state index in [2.05, 4.69) is 0 Å². The molecule has 0 fully saturated rings. The van der Waals surface area contributed by atoms with Crippen LogP contribution in [0.25, 0.3) is 0 Å². The number of para-hydroxylation sites is 2. The summed E-state index contributed by atoms with van der Waals surface area (Å²) in [6.07, 6.45) is 0. The van der Waals surface area contributed by atoms with Crippen LogP contribution in [-0.2, 0) is 9.13 Å². The van der Waals surface area contributed by atoms with Crippen LogP contribution < -0.4 is 9.05 Å². The third-order valence-corrected chi connectivity index (χ3v) is 8.98. The maximum atomic E-state index is 12.3. The third kappa shape index (κ3) is 4.10. The molecule has 23 heavy (non-hydrogen) atoms. The Balaban J connectivity index is 2.27. The van der Waals surface area contributed by atoms with Crippen molar-refractivity contribution in [1.29, 1.82) is 0 Å². The molecule has 2 atom stereocenters. The maximum Gasteiger partial charge on any atom is 0.426 e. The summed E-state index contributed by atoms with van der Waals surface area (Å²) in [5.41, 5.74) is 0. The number of rotatable bonds is 6. The first-order valence-corrected chi connectivity index (χ1v) is 10.1. The Morgan fingerprint density at radius 1 is 0.739 bits per heavy atom. The topological polar surface area (TPSA) is 93.1 Å². The number of benzene rings is 2. The molecule has 124 valence electrons. The second kappa shape index (κ2) is 6.86. The molecule has 0 spiro atoms. The van der Waals surface area contributed by atoms with Gasteiger partial charge in [-0.05, 0) is 24.3 Å². The van der Waals surface area contributed by atoms with Gasteiger partial charge < -0.3 is 18.8 Å². The highest BCUT2D eigenvalue weighted by Crippen LogP contribution is 2.76. The molecule has 2 rings (SSSR count). The lowest BCUT2D eigenvalue weighted by atomic mass is 10.3. The van der Waals surface area contributed by atoms with Crippen molar-refractivity contribution in [1.82, 2.24) is 0 Å². The van der Waals surface area contributed by atoms with Crippen LogP contribution in [0.3, 0.4) is 0 Å². The van der Waals surface area contributed by atoms with Gasteiger partial charge in [0.2, 0.25) is 0 Å². The summed E-state index contributed by atoms with van der Waals surface area (Å²) in [5, 5.41) is 0. The zero-order chi connectivity index (χ0) is 17.1. The molecule has 0 bridgehead atoms. The minimum atomic E-state index is -4.98. The molecule has 0 radical (unpaired) electrons. The lowest BCUT2D eigenvalue weighted by molar-refractivity contribution is 0.353. The normalized spacial score (nSPS) is 16.9. The van der Waals surface area contributed by atoms with Crippen molar-refractivity contribution < 1.29 is 28.0 Å².